The molecule has 0 saturated carbocycles. The van der Waals surface area contributed by atoms with Crippen molar-refractivity contribution >= 4 is 10.9 Å². The molecular weight excluding hydrogens is 222 g/mol. The van der Waals surface area contributed by atoms with E-state index in [0.717, 1.165) is 5.75 Å². The zero-order valence-corrected chi connectivity index (χ0v) is 10.6. The summed E-state index contributed by atoms with van der Waals surface area (Å²) in [6.07, 6.45) is 2.17. The fraction of sp³-hybridized carbons (Fsp3) is 0.125. The number of benzene rings is 2. The Morgan fingerprint density at radius 1 is 0.944 bits per heavy atom. The van der Waals surface area contributed by atoms with Gasteiger partial charge in [0.1, 0.15) is 5.75 Å². The first-order chi connectivity index (χ1) is 8.79. The lowest BCUT2D eigenvalue weighted by atomic mass is 10.0. The van der Waals surface area contributed by atoms with Crippen LogP contribution in [-0.4, -0.2) is 11.7 Å². The van der Waals surface area contributed by atoms with Crippen LogP contribution in [0.1, 0.15) is 0 Å². The van der Waals surface area contributed by atoms with Crippen LogP contribution >= 0.6 is 0 Å². The lowest BCUT2D eigenvalue weighted by molar-refractivity contribution is 0.415. The van der Waals surface area contributed by atoms with Crippen molar-refractivity contribution in [3.63, 3.8) is 0 Å². The van der Waals surface area contributed by atoms with Gasteiger partial charge in [-0.25, -0.2) is 0 Å². The molecule has 18 heavy (non-hydrogen) atoms. The molecule has 0 atom stereocenters. The molecule has 2 aromatic carbocycles. The molecule has 0 amide bonds. The van der Waals surface area contributed by atoms with E-state index >= 15 is 0 Å². The van der Waals surface area contributed by atoms with Gasteiger partial charge in [0.2, 0.25) is 0 Å². The van der Waals surface area contributed by atoms with E-state index in [1.807, 2.05) is 12.1 Å². The van der Waals surface area contributed by atoms with Crippen molar-refractivity contribution < 1.29 is 4.74 Å². The first-order valence-corrected chi connectivity index (χ1v) is 5.98. The van der Waals surface area contributed by atoms with Crippen LogP contribution in [0.4, 0.5) is 0 Å². The SMILES string of the molecule is COc1ccc(-c2cn(C)c3ccccc23)cc1. The molecule has 90 valence electrons. The van der Waals surface area contributed by atoms with E-state index in [2.05, 4.69) is 54.2 Å². The van der Waals surface area contributed by atoms with Gasteiger partial charge in [0.25, 0.3) is 0 Å². The minimum absolute atomic E-state index is 0.888. The number of aryl methyl sites for hydroxylation is 1. The van der Waals surface area contributed by atoms with Gasteiger partial charge < -0.3 is 9.30 Å². The van der Waals surface area contributed by atoms with Crippen molar-refractivity contribution in [3.05, 3.63) is 54.7 Å². The van der Waals surface area contributed by atoms with Crippen molar-refractivity contribution in [3.8, 4) is 16.9 Å². The summed E-state index contributed by atoms with van der Waals surface area (Å²) in [6.45, 7) is 0. The lowest BCUT2D eigenvalue weighted by Crippen LogP contribution is -1.82. The summed E-state index contributed by atoms with van der Waals surface area (Å²) < 4.78 is 7.35. The van der Waals surface area contributed by atoms with Crippen LogP contribution in [-0.2, 0) is 7.05 Å². The van der Waals surface area contributed by atoms with Crippen molar-refractivity contribution in [1.82, 2.24) is 4.57 Å². The van der Waals surface area contributed by atoms with Crippen LogP contribution in [0.2, 0.25) is 0 Å². The summed E-state index contributed by atoms with van der Waals surface area (Å²) in [4.78, 5) is 0. The highest BCUT2D eigenvalue weighted by Gasteiger charge is 2.07. The van der Waals surface area contributed by atoms with Crippen LogP contribution in [0.15, 0.2) is 54.7 Å². The zero-order valence-electron chi connectivity index (χ0n) is 10.6. The minimum Gasteiger partial charge on any atom is -0.497 e. The van der Waals surface area contributed by atoms with E-state index in [4.69, 9.17) is 4.74 Å². The third-order valence-electron chi connectivity index (χ3n) is 3.30. The monoisotopic (exact) mass is 237 g/mol. The van der Waals surface area contributed by atoms with Gasteiger partial charge in [-0.15, -0.1) is 0 Å². The second-order valence-electron chi connectivity index (χ2n) is 4.40. The largest absolute Gasteiger partial charge is 0.497 e. The quantitative estimate of drug-likeness (QED) is 0.660. The third kappa shape index (κ3) is 1.66. The van der Waals surface area contributed by atoms with E-state index in [1.54, 1.807) is 7.11 Å². The smallest absolute Gasteiger partial charge is 0.118 e. The maximum Gasteiger partial charge on any atom is 0.118 e. The molecule has 1 heterocycles. The standard InChI is InChI=1S/C16H15NO/c1-17-11-15(14-5-3-4-6-16(14)17)12-7-9-13(18-2)10-8-12/h3-11H,1-2H3. The fourth-order valence-corrected chi connectivity index (χ4v) is 2.34. The Labute approximate surface area is 106 Å². The molecule has 0 unspecified atom stereocenters. The number of hydrogen-bond acceptors (Lipinski definition) is 1. The average molecular weight is 237 g/mol. The van der Waals surface area contributed by atoms with Crippen molar-refractivity contribution in [2.24, 2.45) is 7.05 Å². The van der Waals surface area contributed by atoms with Gasteiger partial charge in [0.05, 0.1) is 7.11 Å². The van der Waals surface area contributed by atoms with Crippen molar-refractivity contribution in [1.29, 1.82) is 0 Å². The number of para-hydroxylation sites is 1. The van der Waals surface area contributed by atoms with Crippen molar-refractivity contribution in [2.45, 2.75) is 0 Å². The Balaban J connectivity index is 2.18. The van der Waals surface area contributed by atoms with Gasteiger partial charge in [-0.2, -0.15) is 0 Å². The highest BCUT2D eigenvalue weighted by molar-refractivity contribution is 5.96. The van der Waals surface area contributed by atoms with E-state index in [9.17, 15) is 0 Å². The summed E-state index contributed by atoms with van der Waals surface area (Å²) in [5.41, 5.74) is 3.73. The molecular formula is C16H15NO. The van der Waals surface area contributed by atoms with Gasteiger partial charge in [-0.3, -0.25) is 0 Å². The molecule has 1 aromatic heterocycles. The highest BCUT2D eigenvalue weighted by atomic mass is 16.5. The molecule has 0 aliphatic rings. The predicted molar refractivity (Wildman–Crippen MR) is 74.9 cm³/mol. The number of methoxy groups -OCH3 is 1. The Bertz CT molecular complexity index is 680. The Kier molecular flexibility index (Phi) is 2.56. The normalized spacial score (nSPS) is 10.8. The van der Waals surface area contributed by atoms with Gasteiger partial charge in [0, 0.05) is 29.7 Å². The average Bonchev–Trinajstić information content (AvgIpc) is 2.77. The Hall–Kier alpha value is -2.22. The molecule has 0 radical (unpaired) electrons. The maximum atomic E-state index is 5.19. The summed E-state index contributed by atoms with van der Waals surface area (Å²) in [7, 11) is 3.77. The Morgan fingerprint density at radius 2 is 1.67 bits per heavy atom. The molecule has 0 spiro atoms. The van der Waals surface area contributed by atoms with Crippen LogP contribution in [0.25, 0.3) is 22.0 Å². The second kappa shape index (κ2) is 4.22. The molecule has 0 bridgehead atoms. The minimum atomic E-state index is 0.888. The molecule has 0 N–H and O–H groups in total. The molecule has 3 aromatic rings. The van der Waals surface area contributed by atoms with Gasteiger partial charge in [-0.1, -0.05) is 30.3 Å². The summed E-state index contributed by atoms with van der Waals surface area (Å²) >= 11 is 0. The fourth-order valence-electron chi connectivity index (χ4n) is 2.34. The molecule has 0 saturated heterocycles. The first kappa shape index (κ1) is 10.9. The molecule has 0 aliphatic heterocycles. The van der Waals surface area contributed by atoms with Crippen LogP contribution in [0.3, 0.4) is 0 Å². The molecule has 0 fully saturated rings. The topological polar surface area (TPSA) is 14.2 Å². The highest BCUT2D eigenvalue weighted by Crippen LogP contribution is 2.30. The van der Waals surface area contributed by atoms with E-state index in [1.165, 1.54) is 22.0 Å². The zero-order chi connectivity index (χ0) is 12.5. The molecule has 2 nitrogen and oxygen atoms in total. The first-order valence-electron chi connectivity index (χ1n) is 5.98. The lowest BCUT2D eigenvalue weighted by Gasteiger charge is -2.02. The van der Waals surface area contributed by atoms with Crippen LogP contribution < -0.4 is 4.74 Å². The van der Waals surface area contributed by atoms with E-state index in [-0.39, 0.29) is 0 Å². The van der Waals surface area contributed by atoms with E-state index < -0.39 is 0 Å². The van der Waals surface area contributed by atoms with E-state index in [0.29, 0.717) is 0 Å². The molecule has 0 aliphatic carbocycles. The molecule has 2 heteroatoms. The molecule has 3 rings (SSSR count). The second-order valence-corrected chi connectivity index (χ2v) is 4.40. The van der Waals surface area contributed by atoms with Gasteiger partial charge in [-0.05, 0) is 23.8 Å². The number of hydrogen-bond donors (Lipinski definition) is 0. The number of fused-ring (bicyclic) bond motifs is 1. The number of ether oxygens (including phenoxy) is 1. The van der Waals surface area contributed by atoms with Crippen LogP contribution in [0, 0.1) is 0 Å². The Morgan fingerprint density at radius 3 is 2.39 bits per heavy atom. The number of rotatable bonds is 2. The number of nitrogens with zero attached hydrogens (tertiary/aromatic N) is 1. The maximum absolute atomic E-state index is 5.19. The number of aromatic nitrogens is 1. The predicted octanol–water partition coefficient (Wildman–Crippen LogP) is 3.85. The van der Waals surface area contributed by atoms with Gasteiger partial charge >= 0.3 is 0 Å². The summed E-state index contributed by atoms with van der Waals surface area (Å²) in [6, 6.07) is 16.6. The van der Waals surface area contributed by atoms with Gasteiger partial charge in [0.15, 0.2) is 0 Å². The van der Waals surface area contributed by atoms with Crippen LogP contribution in [0.5, 0.6) is 5.75 Å². The summed E-state index contributed by atoms with van der Waals surface area (Å²) in [5.74, 6) is 0.888. The third-order valence-corrected chi connectivity index (χ3v) is 3.30. The van der Waals surface area contributed by atoms with Crippen molar-refractivity contribution in [2.75, 3.05) is 7.11 Å². The summed E-state index contributed by atoms with van der Waals surface area (Å²) in [5, 5.41) is 1.28.